The van der Waals surface area contributed by atoms with Gasteiger partial charge in [-0.05, 0) is 62.8 Å². The predicted molar refractivity (Wildman–Crippen MR) is 121 cm³/mol. The molecule has 0 amide bonds. The first-order chi connectivity index (χ1) is 14.3. The third kappa shape index (κ3) is 4.63. The molecule has 4 nitrogen and oxygen atoms in total. The Hall–Kier alpha value is -2.36. The summed E-state index contributed by atoms with van der Waals surface area (Å²) in [6.07, 6.45) is 5.96. The van der Waals surface area contributed by atoms with E-state index in [1.807, 2.05) is 0 Å². The largest absolute Gasteiger partial charge is 0.494 e. The molecule has 4 heteroatoms. The van der Waals surface area contributed by atoms with Gasteiger partial charge in [0.2, 0.25) is 0 Å². The molecule has 2 aromatic carbocycles. The van der Waals surface area contributed by atoms with E-state index in [0.717, 1.165) is 44.1 Å². The molecule has 2 aliphatic heterocycles. The molecule has 0 N–H and O–H groups in total. The second-order valence-corrected chi connectivity index (χ2v) is 8.02. The average molecular weight is 395 g/mol. The van der Waals surface area contributed by atoms with Crippen LogP contribution in [-0.4, -0.2) is 39.4 Å². The molecule has 0 aromatic heterocycles. The van der Waals surface area contributed by atoms with Gasteiger partial charge >= 0.3 is 0 Å². The van der Waals surface area contributed by atoms with Crippen molar-refractivity contribution in [3.05, 3.63) is 47.5 Å². The van der Waals surface area contributed by atoms with Crippen LogP contribution in [0.25, 0.3) is 0 Å². The molecule has 0 bridgehead atoms. The summed E-state index contributed by atoms with van der Waals surface area (Å²) in [6.45, 7) is 10.1. The Balaban J connectivity index is 1.59. The Labute approximate surface area is 175 Å². The standard InChI is InChI=1S/C25H34N2O2/c1-3-28-24-18-22(26-13-5-6-14-26)11-9-20(24)17-21-10-12-23(19-25(21)29-4-2)27-15-7-8-16-27/h9-12,18-19H,3-8,13-17H2,1-2H3. The van der Waals surface area contributed by atoms with Gasteiger partial charge in [0.15, 0.2) is 0 Å². The molecule has 2 fully saturated rings. The highest BCUT2D eigenvalue weighted by atomic mass is 16.5. The van der Waals surface area contributed by atoms with Crippen LogP contribution in [0.15, 0.2) is 36.4 Å². The number of ether oxygens (including phenoxy) is 2. The topological polar surface area (TPSA) is 24.9 Å². The summed E-state index contributed by atoms with van der Waals surface area (Å²) >= 11 is 0. The van der Waals surface area contributed by atoms with E-state index in [4.69, 9.17) is 9.47 Å². The van der Waals surface area contributed by atoms with Gasteiger partial charge in [0.25, 0.3) is 0 Å². The van der Waals surface area contributed by atoms with Crippen molar-refractivity contribution in [2.75, 3.05) is 49.2 Å². The summed E-state index contributed by atoms with van der Waals surface area (Å²) in [5.74, 6) is 2.01. The van der Waals surface area contributed by atoms with Crippen LogP contribution < -0.4 is 19.3 Å². The van der Waals surface area contributed by atoms with Crippen molar-refractivity contribution in [1.82, 2.24) is 0 Å². The molecule has 0 atom stereocenters. The lowest BCUT2D eigenvalue weighted by Gasteiger charge is -2.22. The van der Waals surface area contributed by atoms with Gasteiger partial charge in [-0.25, -0.2) is 0 Å². The van der Waals surface area contributed by atoms with E-state index in [2.05, 4.69) is 60.0 Å². The Bertz CT molecular complexity index is 741. The molecular weight excluding hydrogens is 360 g/mol. The summed E-state index contributed by atoms with van der Waals surface area (Å²) in [5, 5.41) is 0. The maximum atomic E-state index is 6.04. The van der Waals surface area contributed by atoms with Crippen molar-refractivity contribution in [1.29, 1.82) is 0 Å². The summed E-state index contributed by atoms with van der Waals surface area (Å²) in [4.78, 5) is 4.92. The molecule has 0 radical (unpaired) electrons. The van der Waals surface area contributed by atoms with Crippen LogP contribution in [0.5, 0.6) is 11.5 Å². The van der Waals surface area contributed by atoms with Gasteiger partial charge in [0.1, 0.15) is 11.5 Å². The summed E-state index contributed by atoms with van der Waals surface area (Å²) in [7, 11) is 0. The van der Waals surface area contributed by atoms with E-state index >= 15 is 0 Å². The lowest BCUT2D eigenvalue weighted by Crippen LogP contribution is -2.18. The predicted octanol–water partition coefficient (Wildman–Crippen LogP) is 5.28. The first-order valence-electron chi connectivity index (χ1n) is 11.3. The molecule has 4 rings (SSSR count). The lowest BCUT2D eigenvalue weighted by molar-refractivity contribution is 0.333. The quantitative estimate of drug-likeness (QED) is 0.608. The molecule has 29 heavy (non-hydrogen) atoms. The first-order valence-corrected chi connectivity index (χ1v) is 11.3. The van der Waals surface area contributed by atoms with E-state index in [9.17, 15) is 0 Å². The van der Waals surface area contributed by atoms with Gasteiger partial charge in [-0.2, -0.15) is 0 Å². The number of rotatable bonds is 8. The molecular formula is C25H34N2O2. The fraction of sp³-hybridized carbons (Fsp3) is 0.520. The second-order valence-electron chi connectivity index (χ2n) is 8.02. The Morgan fingerprint density at radius 2 is 1.07 bits per heavy atom. The Kier molecular flexibility index (Phi) is 6.48. The first kappa shape index (κ1) is 19.9. The van der Waals surface area contributed by atoms with Gasteiger partial charge in [-0.15, -0.1) is 0 Å². The molecule has 0 saturated carbocycles. The minimum atomic E-state index is 0.683. The maximum Gasteiger partial charge on any atom is 0.124 e. The highest BCUT2D eigenvalue weighted by Gasteiger charge is 2.18. The Morgan fingerprint density at radius 1 is 0.655 bits per heavy atom. The van der Waals surface area contributed by atoms with E-state index in [-0.39, 0.29) is 0 Å². The van der Waals surface area contributed by atoms with Gasteiger partial charge in [0, 0.05) is 56.1 Å². The van der Waals surface area contributed by atoms with Crippen LogP contribution in [-0.2, 0) is 6.42 Å². The smallest absolute Gasteiger partial charge is 0.124 e. The molecule has 2 aliphatic rings. The molecule has 0 unspecified atom stereocenters. The van der Waals surface area contributed by atoms with Crippen molar-refractivity contribution in [2.24, 2.45) is 0 Å². The van der Waals surface area contributed by atoms with Crippen LogP contribution in [0, 0.1) is 0 Å². The van der Waals surface area contributed by atoms with Crippen LogP contribution in [0.1, 0.15) is 50.7 Å². The van der Waals surface area contributed by atoms with Crippen molar-refractivity contribution >= 4 is 11.4 Å². The monoisotopic (exact) mass is 394 g/mol. The molecule has 0 aliphatic carbocycles. The number of anilines is 2. The van der Waals surface area contributed by atoms with E-state index in [0.29, 0.717) is 13.2 Å². The van der Waals surface area contributed by atoms with E-state index < -0.39 is 0 Å². The normalized spacial score (nSPS) is 16.5. The third-order valence-electron chi connectivity index (χ3n) is 6.02. The highest BCUT2D eigenvalue weighted by Crippen LogP contribution is 2.34. The minimum Gasteiger partial charge on any atom is -0.494 e. The van der Waals surface area contributed by atoms with E-state index in [1.54, 1.807) is 0 Å². The van der Waals surface area contributed by atoms with Crippen LogP contribution >= 0.6 is 0 Å². The van der Waals surface area contributed by atoms with Gasteiger partial charge < -0.3 is 19.3 Å². The molecule has 2 heterocycles. The second kappa shape index (κ2) is 9.43. The summed E-state index contributed by atoms with van der Waals surface area (Å²) in [6, 6.07) is 13.4. The fourth-order valence-electron chi connectivity index (χ4n) is 4.51. The van der Waals surface area contributed by atoms with Crippen molar-refractivity contribution in [3.63, 3.8) is 0 Å². The van der Waals surface area contributed by atoms with Crippen LogP contribution in [0.4, 0.5) is 11.4 Å². The Morgan fingerprint density at radius 3 is 1.45 bits per heavy atom. The van der Waals surface area contributed by atoms with Gasteiger partial charge in [0.05, 0.1) is 13.2 Å². The molecule has 0 spiro atoms. The van der Waals surface area contributed by atoms with Gasteiger partial charge in [-0.3, -0.25) is 0 Å². The minimum absolute atomic E-state index is 0.683. The molecule has 2 aromatic rings. The zero-order valence-electron chi connectivity index (χ0n) is 18.0. The van der Waals surface area contributed by atoms with Crippen molar-refractivity contribution in [3.8, 4) is 11.5 Å². The van der Waals surface area contributed by atoms with Crippen LogP contribution in [0.3, 0.4) is 0 Å². The van der Waals surface area contributed by atoms with Gasteiger partial charge in [-0.1, -0.05) is 12.1 Å². The summed E-state index contributed by atoms with van der Waals surface area (Å²) < 4.78 is 12.1. The molecule has 156 valence electrons. The molecule has 2 saturated heterocycles. The maximum absolute atomic E-state index is 6.04. The summed E-state index contributed by atoms with van der Waals surface area (Å²) in [5.41, 5.74) is 5.02. The highest BCUT2D eigenvalue weighted by molar-refractivity contribution is 5.58. The lowest BCUT2D eigenvalue weighted by atomic mass is 10.0. The third-order valence-corrected chi connectivity index (χ3v) is 6.02. The van der Waals surface area contributed by atoms with Crippen LogP contribution in [0.2, 0.25) is 0 Å². The zero-order chi connectivity index (χ0) is 20.1. The fourth-order valence-corrected chi connectivity index (χ4v) is 4.51. The van der Waals surface area contributed by atoms with Crippen molar-refractivity contribution < 1.29 is 9.47 Å². The number of hydrogen-bond donors (Lipinski definition) is 0. The number of hydrogen-bond acceptors (Lipinski definition) is 4. The average Bonchev–Trinajstić information content (AvgIpc) is 3.45. The zero-order valence-corrected chi connectivity index (χ0v) is 18.0. The van der Waals surface area contributed by atoms with E-state index in [1.165, 1.54) is 48.2 Å². The number of nitrogens with zero attached hydrogens (tertiary/aromatic N) is 2. The number of benzene rings is 2. The van der Waals surface area contributed by atoms with Crippen molar-refractivity contribution in [2.45, 2.75) is 46.0 Å². The SMILES string of the molecule is CCOc1cc(N2CCCC2)ccc1Cc1ccc(N2CCCC2)cc1OCC.